The number of nitrogens with zero attached hydrogens (tertiary/aromatic N) is 4. The maximum atomic E-state index is 15.5. The Bertz CT molecular complexity index is 1550. The number of nitrogen functional groups attached to an aromatic ring is 1. The van der Waals surface area contributed by atoms with Gasteiger partial charge in [-0.1, -0.05) is 18.5 Å². The fourth-order valence-corrected chi connectivity index (χ4v) is 4.53. The van der Waals surface area contributed by atoms with Gasteiger partial charge in [-0.15, -0.1) is 0 Å². The first-order valence-corrected chi connectivity index (χ1v) is 12.4. The summed E-state index contributed by atoms with van der Waals surface area (Å²) in [5, 5.41) is -0.220. The smallest absolute Gasteiger partial charge is 0.284 e. The van der Waals surface area contributed by atoms with E-state index in [-0.39, 0.29) is 22.4 Å². The Balaban J connectivity index is 1.87. The zero-order chi connectivity index (χ0) is 27.7. The summed E-state index contributed by atoms with van der Waals surface area (Å²) in [6.07, 6.45) is 2.97. The van der Waals surface area contributed by atoms with Crippen LogP contribution < -0.4 is 15.2 Å². The minimum atomic E-state index is -0.896. The number of nitrogens with two attached hydrogens (primary N) is 1. The summed E-state index contributed by atoms with van der Waals surface area (Å²) in [5.41, 5.74) is 8.70. The molecule has 38 heavy (non-hydrogen) atoms. The van der Waals surface area contributed by atoms with E-state index < -0.39 is 17.6 Å². The zero-order valence-corrected chi connectivity index (χ0v) is 22.8. The second-order valence-corrected chi connectivity index (χ2v) is 9.58. The molecule has 1 amide bonds. The highest BCUT2D eigenvalue weighted by Gasteiger charge is 2.30. The van der Waals surface area contributed by atoms with E-state index in [0.717, 1.165) is 0 Å². The molecule has 0 aliphatic rings. The fourth-order valence-electron chi connectivity index (χ4n) is 4.32. The molecular formula is C28H29ClFN5O3. The number of amides is 1. The second-order valence-electron chi connectivity index (χ2n) is 9.17. The van der Waals surface area contributed by atoms with Gasteiger partial charge >= 0.3 is 0 Å². The molecule has 0 aliphatic carbocycles. The Morgan fingerprint density at radius 3 is 2.53 bits per heavy atom. The van der Waals surface area contributed by atoms with Gasteiger partial charge in [0.05, 0.1) is 23.9 Å². The molecule has 8 nitrogen and oxygen atoms in total. The number of rotatable bonds is 7. The Morgan fingerprint density at radius 2 is 1.89 bits per heavy atom. The first-order chi connectivity index (χ1) is 18.0. The zero-order valence-electron chi connectivity index (χ0n) is 22.0. The number of aryl methyl sites for hydroxylation is 1. The molecule has 0 aliphatic heterocycles. The van der Waals surface area contributed by atoms with Crippen LogP contribution in [0, 0.1) is 12.7 Å². The predicted octanol–water partition coefficient (Wildman–Crippen LogP) is 6.01. The van der Waals surface area contributed by atoms with Gasteiger partial charge in [0.1, 0.15) is 34.2 Å². The first kappa shape index (κ1) is 27.1. The number of hydrogen-bond donors (Lipinski definition) is 1. The molecule has 1 atom stereocenters. The maximum Gasteiger partial charge on any atom is 0.284 e. The summed E-state index contributed by atoms with van der Waals surface area (Å²) in [4.78, 5) is 26.5. The van der Waals surface area contributed by atoms with Crippen molar-refractivity contribution in [2.45, 2.75) is 46.6 Å². The van der Waals surface area contributed by atoms with E-state index in [4.69, 9.17) is 31.8 Å². The lowest BCUT2D eigenvalue weighted by Crippen LogP contribution is -2.16. The lowest BCUT2D eigenvalue weighted by molar-refractivity contribution is 0.0992. The van der Waals surface area contributed by atoms with Crippen LogP contribution in [0.4, 0.5) is 10.2 Å². The van der Waals surface area contributed by atoms with Crippen LogP contribution in [0.2, 0.25) is 5.02 Å². The topological polar surface area (TPSA) is 104 Å². The largest absolute Gasteiger partial charge is 0.497 e. The van der Waals surface area contributed by atoms with Crippen molar-refractivity contribution >= 4 is 34.6 Å². The van der Waals surface area contributed by atoms with Crippen LogP contribution >= 0.6 is 11.6 Å². The van der Waals surface area contributed by atoms with Gasteiger partial charge in [0.25, 0.3) is 5.91 Å². The van der Waals surface area contributed by atoms with Crippen LogP contribution in [0.3, 0.4) is 0 Å². The summed E-state index contributed by atoms with van der Waals surface area (Å²) in [6, 6.07) is 8.52. The van der Waals surface area contributed by atoms with Crippen molar-refractivity contribution in [2.24, 2.45) is 4.99 Å². The van der Waals surface area contributed by atoms with Crippen LogP contribution in [0.1, 0.15) is 66.6 Å². The lowest BCUT2D eigenvalue weighted by Gasteiger charge is -2.22. The predicted molar refractivity (Wildman–Crippen MR) is 146 cm³/mol. The van der Waals surface area contributed by atoms with Crippen molar-refractivity contribution < 1.29 is 18.7 Å². The van der Waals surface area contributed by atoms with Crippen molar-refractivity contribution in [2.75, 3.05) is 12.8 Å². The summed E-state index contributed by atoms with van der Waals surface area (Å²) in [5.74, 6) is -0.471. The fraction of sp³-hybridized carbons (Fsp3) is 0.286. The number of imidazole rings is 1. The number of ether oxygens (including phenoxy) is 2. The van der Waals surface area contributed by atoms with E-state index in [2.05, 4.69) is 9.98 Å². The number of fused-ring (bicyclic) bond motifs is 1. The van der Waals surface area contributed by atoms with Gasteiger partial charge in [-0.25, -0.2) is 19.4 Å². The molecule has 0 fully saturated rings. The van der Waals surface area contributed by atoms with Gasteiger partial charge in [0.15, 0.2) is 5.82 Å². The van der Waals surface area contributed by atoms with Gasteiger partial charge in [0.2, 0.25) is 0 Å². The second kappa shape index (κ2) is 10.8. The molecule has 0 bridgehead atoms. The number of methoxy groups -OCH3 is 1. The molecule has 2 heterocycles. The minimum absolute atomic E-state index is 0.0714. The van der Waals surface area contributed by atoms with E-state index >= 15 is 4.39 Å². The molecule has 4 rings (SSSR count). The maximum absolute atomic E-state index is 15.5. The number of benzene rings is 2. The summed E-state index contributed by atoms with van der Waals surface area (Å²) in [7, 11) is 1.57. The monoisotopic (exact) mass is 537 g/mol. The van der Waals surface area contributed by atoms with Crippen molar-refractivity contribution in [3.8, 4) is 11.5 Å². The number of aliphatic imine (C=N–C) groups is 1. The van der Waals surface area contributed by atoms with Gasteiger partial charge in [0, 0.05) is 29.6 Å². The summed E-state index contributed by atoms with van der Waals surface area (Å²) < 4.78 is 28.6. The number of anilines is 1. The third kappa shape index (κ3) is 5.06. The van der Waals surface area contributed by atoms with Crippen molar-refractivity contribution in [3.05, 3.63) is 81.8 Å². The average molecular weight is 538 g/mol. The molecular weight excluding hydrogens is 509 g/mol. The highest BCUT2D eigenvalue weighted by molar-refractivity contribution is 6.31. The molecule has 198 valence electrons. The Morgan fingerprint density at radius 1 is 1.21 bits per heavy atom. The number of carbonyl (C=O) groups excluding carboxylic acids is 1. The van der Waals surface area contributed by atoms with Crippen LogP contribution in [0.15, 0.2) is 47.7 Å². The van der Waals surface area contributed by atoms with Crippen molar-refractivity contribution in [1.29, 1.82) is 0 Å². The highest BCUT2D eigenvalue weighted by Crippen LogP contribution is 2.40. The third-order valence-electron chi connectivity index (χ3n) is 6.18. The highest BCUT2D eigenvalue weighted by atomic mass is 35.5. The normalized spacial score (nSPS) is 12.7. The number of hydrogen-bond acceptors (Lipinski definition) is 6. The van der Waals surface area contributed by atoms with E-state index in [1.807, 2.05) is 18.2 Å². The Hall–Kier alpha value is -3.98. The SMILES string of the molecule is COc1ccc(/C(C)=N/C(=O)c2c(F)c(Cl)cc([C@H](C)c3nc(C)c4c(N)nccn34)c2OC(C)C)cc1. The van der Waals surface area contributed by atoms with Gasteiger partial charge in [-0.3, -0.25) is 9.20 Å². The van der Waals surface area contributed by atoms with E-state index in [1.165, 1.54) is 6.07 Å². The van der Waals surface area contributed by atoms with Crippen LogP contribution in [0.5, 0.6) is 11.5 Å². The van der Waals surface area contributed by atoms with Crippen LogP contribution in [0.25, 0.3) is 5.52 Å². The summed E-state index contributed by atoms with van der Waals surface area (Å²) >= 11 is 6.34. The van der Waals surface area contributed by atoms with E-state index in [9.17, 15) is 4.79 Å². The van der Waals surface area contributed by atoms with Crippen LogP contribution in [-0.4, -0.2) is 39.2 Å². The molecule has 2 aromatic carbocycles. The molecule has 0 radical (unpaired) electrons. The Labute approximate surface area is 225 Å². The first-order valence-electron chi connectivity index (χ1n) is 12.0. The van der Waals surface area contributed by atoms with E-state index in [0.29, 0.717) is 45.4 Å². The van der Waals surface area contributed by atoms with E-state index in [1.54, 1.807) is 64.5 Å². The molecule has 0 unspecified atom stereocenters. The lowest BCUT2D eigenvalue weighted by atomic mass is 9.95. The minimum Gasteiger partial charge on any atom is -0.497 e. The average Bonchev–Trinajstić information content (AvgIpc) is 3.22. The number of halogens is 2. The van der Waals surface area contributed by atoms with Gasteiger partial charge in [-0.05, 0) is 63.6 Å². The van der Waals surface area contributed by atoms with Crippen molar-refractivity contribution in [1.82, 2.24) is 14.4 Å². The molecule has 0 saturated carbocycles. The Kier molecular flexibility index (Phi) is 7.68. The van der Waals surface area contributed by atoms with Gasteiger partial charge in [-0.2, -0.15) is 0 Å². The van der Waals surface area contributed by atoms with Crippen molar-refractivity contribution in [3.63, 3.8) is 0 Å². The molecule has 2 N–H and O–H groups in total. The molecule has 0 saturated heterocycles. The molecule has 4 aromatic rings. The number of carbonyl (C=O) groups is 1. The van der Waals surface area contributed by atoms with Gasteiger partial charge < -0.3 is 15.2 Å². The summed E-state index contributed by atoms with van der Waals surface area (Å²) in [6.45, 7) is 8.97. The molecule has 0 spiro atoms. The molecule has 2 aromatic heterocycles. The third-order valence-corrected chi connectivity index (χ3v) is 6.46. The number of aromatic nitrogens is 3. The quantitative estimate of drug-likeness (QED) is 0.289. The standard InChI is InChI=1S/C28H29ClFN5O3/c1-14(2)38-25-20(15(3)27-33-17(5)24-26(31)32-11-12-35(24)27)13-21(29)23(30)22(25)28(36)34-16(4)18-7-9-19(37-6)10-8-18/h7-15H,1-6H3,(H2,31,32)/b34-16+/t15-/m0/s1. The molecule has 10 heteroatoms. The van der Waals surface area contributed by atoms with Crippen LogP contribution in [-0.2, 0) is 0 Å².